The van der Waals surface area contributed by atoms with E-state index in [4.69, 9.17) is 0 Å². The summed E-state index contributed by atoms with van der Waals surface area (Å²) < 4.78 is 0. The Morgan fingerprint density at radius 2 is 0.778 bits per heavy atom. The first-order valence-electron chi connectivity index (χ1n) is 5.59. The molecule has 0 fully saturated rings. The molecule has 2 rings (SSSR count). The lowest BCUT2D eigenvalue weighted by Crippen LogP contribution is -2.00. The minimum absolute atomic E-state index is 0.607. The van der Waals surface area contributed by atoms with Crippen LogP contribution in [0.2, 0.25) is 0 Å². The van der Waals surface area contributed by atoms with Gasteiger partial charge in [-0.25, -0.2) is 29.9 Å². The van der Waals surface area contributed by atoms with E-state index in [1.54, 1.807) is 12.2 Å². The number of aromatic nitrogens is 6. The third kappa shape index (κ3) is 3.13. The van der Waals surface area contributed by atoms with Gasteiger partial charge in [-0.05, 0) is 39.8 Å². The van der Waals surface area contributed by atoms with Gasteiger partial charge < -0.3 is 0 Å². The fourth-order valence-electron chi connectivity index (χ4n) is 1.58. The Labute approximate surface area is 105 Å². The number of nitrogens with zero attached hydrogens (tertiary/aromatic N) is 6. The summed E-state index contributed by atoms with van der Waals surface area (Å²) in [5.41, 5.74) is 0. The van der Waals surface area contributed by atoms with E-state index in [0.717, 1.165) is 0 Å². The molecule has 0 aliphatic carbocycles. The van der Waals surface area contributed by atoms with Gasteiger partial charge in [0.1, 0.15) is 23.3 Å². The van der Waals surface area contributed by atoms with Gasteiger partial charge in [0.15, 0.2) is 11.6 Å². The molecule has 0 saturated heterocycles. The fourth-order valence-corrected chi connectivity index (χ4v) is 1.58. The van der Waals surface area contributed by atoms with Crippen molar-refractivity contribution in [2.75, 3.05) is 0 Å². The largest absolute Gasteiger partial charge is 0.219 e. The Morgan fingerprint density at radius 1 is 0.500 bits per heavy atom. The summed E-state index contributed by atoms with van der Waals surface area (Å²) in [5.74, 6) is 4.01. The van der Waals surface area contributed by atoms with E-state index < -0.39 is 0 Å². The third-order valence-electron chi connectivity index (χ3n) is 2.13. The van der Waals surface area contributed by atoms with Crippen LogP contribution in [0, 0.1) is 27.7 Å². The average molecular weight is 242 g/mol. The normalized spacial score (nSPS) is 11.1. The summed E-state index contributed by atoms with van der Waals surface area (Å²) in [7, 11) is 0. The van der Waals surface area contributed by atoms with E-state index in [1.165, 1.54) is 0 Å². The molecule has 2 heterocycles. The highest BCUT2D eigenvalue weighted by atomic mass is 15.0. The summed E-state index contributed by atoms with van der Waals surface area (Å²) in [5, 5.41) is 0. The van der Waals surface area contributed by atoms with Crippen molar-refractivity contribution in [1.29, 1.82) is 0 Å². The van der Waals surface area contributed by atoms with Crippen molar-refractivity contribution in [3.05, 3.63) is 34.9 Å². The van der Waals surface area contributed by atoms with E-state index in [9.17, 15) is 0 Å². The maximum Gasteiger partial charge on any atom is 0.156 e. The SMILES string of the molecule is Cc1nc(C)nc(/C=C/c2nc(C)nc(C)n2)n1. The van der Waals surface area contributed by atoms with Gasteiger partial charge in [-0.3, -0.25) is 0 Å². The van der Waals surface area contributed by atoms with Gasteiger partial charge in [-0.2, -0.15) is 0 Å². The minimum Gasteiger partial charge on any atom is -0.219 e. The Hall–Kier alpha value is -2.24. The molecule has 6 nitrogen and oxygen atoms in total. The molecule has 0 unspecified atom stereocenters. The van der Waals surface area contributed by atoms with Crippen molar-refractivity contribution in [2.45, 2.75) is 27.7 Å². The molecule has 92 valence electrons. The van der Waals surface area contributed by atoms with E-state index in [-0.39, 0.29) is 0 Å². The lowest BCUT2D eigenvalue weighted by Gasteiger charge is -1.98. The van der Waals surface area contributed by atoms with Crippen LogP contribution in [0.3, 0.4) is 0 Å². The van der Waals surface area contributed by atoms with E-state index in [0.29, 0.717) is 34.9 Å². The minimum atomic E-state index is 0.607. The molecular weight excluding hydrogens is 228 g/mol. The van der Waals surface area contributed by atoms with Crippen molar-refractivity contribution in [3.63, 3.8) is 0 Å². The zero-order valence-electron chi connectivity index (χ0n) is 10.8. The quantitative estimate of drug-likeness (QED) is 0.793. The van der Waals surface area contributed by atoms with Crippen molar-refractivity contribution < 1.29 is 0 Å². The topological polar surface area (TPSA) is 77.3 Å². The molecule has 0 aromatic carbocycles. The van der Waals surface area contributed by atoms with Gasteiger partial charge in [0, 0.05) is 0 Å². The molecule has 2 aromatic rings. The van der Waals surface area contributed by atoms with Gasteiger partial charge in [-0.1, -0.05) is 0 Å². The van der Waals surface area contributed by atoms with Crippen LogP contribution in [0.25, 0.3) is 12.2 Å². The van der Waals surface area contributed by atoms with E-state index in [2.05, 4.69) is 29.9 Å². The van der Waals surface area contributed by atoms with Gasteiger partial charge in [-0.15, -0.1) is 0 Å². The predicted octanol–water partition coefficient (Wildman–Crippen LogP) is 1.46. The molecule has 0 aliphatic rings. The third-order valence-corrected chi connectivity index (χ3v) is 2.13. The molecule has 0 atom stereocenters. The lowest BCUT2D eigenvalue weighted by molar-refractivity contribution is 0.902. The summed E-state index contributed by atoms with van der Waals surface area (Å²) in [4.78, 5) is 25.1. The smallest absolute Gasteiger partial charge is 0.156 e. The second-order valence-electron chi connectivity index (χ2n) is 3.91. The molecular formula is C12H14N6. The summed E-state index contributed by atoms with van der Waals surface area (Å²) in [6, 6.07) is 0. The van der Waals surface area contributed by atoms with Crippen molar-refractivity contribution in [2.24, 2.45) is 0 Å². The van der Waals surface area contributed by atoms with Crippen molar-refractivity contribution >= 4 is 12.2 Å². The van der Waals surface area contributed by atoms with Crippen molar-refractivity contribution in [1.82, 2.24) is 29.9 Å². The van der Waals surface area contributed by atoms with Gasteiger partial charge in [0.25, 0.3) is 0 Å². The number of rotatable bonds is 2. The first kappa shape index (κ1) is 12.2. The highest BCUT2D eigenvalue weighted by Crippen LogP contribution is 2.02. The van der Waals surface area contributed by atoms with Crippen LogP contribution in [-0.4, -0.2) is 29.9 Å². The molecule has 0 aliphatic heterocycles. The Bertz CT molecular complexity index is 512. The predicted molar refractivity (Wildman–Crippen MR) is 67.5 cm³/mol. The summed E-state index contributed by atoms with van der Waals surface area (Å²) >= 11 is 0. The standard InChI is InChI=1S/C12H14N6/c1-7-13-8(2)16-11(15-7)5-6-12-17-9(3)14-10(4)18-12/h5-6H,1-4H3/b6-5+. The Balaban J connectivity index is 2.29. The molecule has 0 spiro atoms. The summed E-state index contributed by atoms with van der Waals surface area (Å²) in [6.07, 6.45) is 3.55. The van der Waals surface area contributed by atoms with Gasteiger partial charge in [0.05, 0.1) is 0 Å². The van der Waals surface area contributed by atoms with Crippen LogP contribution in [0.4, 0.5) is 0 Å². The van der Waals surface area contributed by atoms with Gasteiger partial charge >= 0.3 is 0 Å². The van der Waals surface area contributed by atoms with Crippen LogP contribution < -0.4 is 0 Å². The van der Waals surface area contributed by atoms with Crippen LogP contribution >= 0.6 is 0 Å². The zero-order chi connectivity index (χ0) is 13.1. The Morgan fingerprint density at radius 3 is 1.06 bits per heavy atom. The molecule has 0 radical (unpaired) electrons. The number of hydrogen-bond acceptors (Lipinski definition) is 6. The molecule has 0 bridgehead atoms. The number of aryl methyl sites for hydroxylation is 4. The number of hydrogen-bond donors (Lipinski definition) is 0. The highest BCUT2D eigenvalue weighted by Gasteiger charge is 1.99. The maximum atomic E-state index is 4.21. The van der Waals surface area contributed by atoms with Crippen LogP contribution in [0.15, 0.2) is 0 Å². The van der Waals surface area contributed by atoms with Crippen LogP contribution in [-0.2, 0) is 0 Å². The molecule has 2 aromatic heterocycles. The maximum absolute atomic E-state index is 4.21. The van der Waals surface area contributed by atoms with E-state index >= 15 is 0 Å². The first-order valence-corrected chi connectivity index (χ1v) is 5.59. The van der Waals surface area contributed by atoms with Crippen molar-refractivity contribution in [3.8, 4) is 0 Å². The van der Waals surface area contributed by atoms with Gasteiger partial charge in [0.2, 0.25) is 0 Å². The summed E-state index contributed by atoms with van der Waals surface area (Å²) in [6.45, 7) is 7.35. The zero-order valence-corrected chi connectivity index (χ0v) is 10.8. The van der Waals surface area contributed by atoms with Crippen LogP contribution in [0.5, 0.6) is 0 Å². The van der Waals surface area contributed by atoms with E-state index in [1.807, 2.05) is 27.7 Å². The molecule has 0 N–H and O–H groups in total. The highest BCUT2D eigenvalue weighted by molar-refractivity contribution is 5.62. The fraction of sp³-hybridized carbons (Fsp3) is 0.333. The second kappa shape index (κ2) is 4.95. The average Bonchev–Trinajstić information content (AvgIpc) is 2.23. The molecule has 18 heavy (non-hydrogen) atoms. The molecule has 0 saturated carbocycles. The Kier molecular flexibility index (Phi) is 3.36. The molecule has 0 amide bonds. The second-order valence-corrected chi connectivity index (χ2v) is 3.91. The van der Waals surface area contributed by atoms with Crippen LogP contribution in [0.1, 0.15) is 34.9 Å². The first-order chi connectivity index (χ1) is 8.52. The lowest BCUT2D eigenvalue weighted by atomic mass is 10.4. The molecule has 6 heteroatoms. The monoisotopic (exact) mass is 242 g/mol.